The number of hydrogen-bond donors (Lipinski definition) is 1. The smallest absolute Gasteiger partial charge is 0.118 e. The molecule has 0 amide bonds. The maximum Gasteiger partial charge on any atom is 0.118 e. The normalized spacial score (nSPS) is 16.6. The first-order valence-electron chi connectivity index (χ1n) is 9.68. The van der Waals surface area contributed by atoms with E-state index < -0.39 is 0 Å². The molecular weight excluding hydrogens is 324 g/mol. The maximum atomic E-state index is 5.32. The second kappa shape index (κ2) is 8.69. The first kappa shape index (κ1) is 18.9. The van der Waals surface area contributed by atoms with Crippen molar-refractivity contribution in [3.63, 3.8) is 0 Å². The number of ether oxygens (including phenoxy) is 1. The van der Waals surface area contributed by atoms with Crippen molar-refractivity contribution in [1.29, 1.82) is 0 Å². The summed E-state index contributed by atoms with van der Waals surface area (Å²) in [6.45, 7) is 8.41. The molecule has 0 radical (unpaired) electrons. The van der Waals surface area contributed by atoms with Gasteiger partial charge in [0.15, 0.2) is 0 Å². The van der Waals surface area contributed by atoms with Crippen LogP contribution in [-0.2, 0) is 13.6 Å². The van der Waals surface area contributed by atoms with E-state index in [4.69, 9.17) is 4.74 Å². The summed E-state index contributed by atoms with van der Waals surface area (Å²) in [7, 11) is 3.73. The zero-order valence-corrected chi connectivity index (χ0v) is 16.6. The molecule has 1 saturated heterocycles. The number of methoxy groups -OCH3 is 1. The van der Waals surface area contributed by atoms with Crippen LogP contribution in [0.4, 0.5) is 0 Å². The van der Waals surface area contributed by atoms with E-state index in [0.29, 0.717) is 6.04 Å². The van der Waals surface area contributed by atoms with Gasteiger partial charge in [0.05, 0.1) is 12.8 Å². The van der Waals surface area contributed by atoms with Crippen molar-refractivity contribution in [3.05, 3.63) is 46.8 Å². The molecule has 2 aromatic rings. The Labute approximate surface area is 157 Å². The Bertz CT molecular complexity index is 702. The van der Waals surface area contributed by atoms with Gasteiger partial charge in [-0.15, -0.1) is 0 Å². The topological polar surface area (TPSA) is 42.3 Å². The molecule has 3 rings (SSSR count). The summed E-state index contributed by atoms with van der Waals surface area (Å²) >= 11 is 0. The first-order valence-corrected chi connectivity index (χ1v) is 9.68. The summed E-state index contributed by atoms with van der Waals surface area (Å²) in [4.78, 5) is 2.63. The maximum absolute atomic E-state index is 5.32. The van der Waals surface area contributed by atoms with Crippen molar-refractivity contribution in [3.8, 4) is 5.75 Å². The van der Waals surface area contributed by atoms with Crippen molar-refractivity contribution in [1.82, 2.24) is 20.0 Å². The third kappa shape index (κ3) is 4.27. The summed E-state index contributed by atoms with van der Waals surface area (Å²) in [5.41, 5.74) is 5.05. The molecule has 0 bridgehead atoms. The monoisotopic (exact) mass is 356 g/mol. The lowest BCUT2D eigenvalue weighted by molar-refractivity contribution is 0.160. The minimum atomic E-state index is 0.401. The molecular formula is C21H32N4O. The van der Waals surface area contributed by atoms with Crippen molar-refractivity contribution in [2.45, 2.75) is 45.7 Å². The van der Waals surface area contributed by atoms with Crippen molar-refractivity contribution < 1.29 is 4.74 Å². The highest BCUT2D eigenvalue weighted by Gasteiger charge is 2.22. The zero-order chi connectivity index (χ0) is 18.5. The average Bonchev–Trinajstić information content (AvgIpc) is 2.92. The molecule has 1 aromatic heterocycles. The molecule has 1 N–H and O–H groups in total. The lowest BCUT2D eigenvalue weighted by atomic mass is 10.0. The Kier molecular flexibility index (Phi) is 6.33. The van der Waals surface area contributed by atoms with Gasteiger partial charge in [-0.05, 0) is 57.5 Å². The number of likely N-dealkylation sites (tertiary alicyclic amines) is 1. The van der Waals surface area contributed by atoms with Gasteiger partial charge in [0.25, 0.3) is 0 Å². The molecule has 5 heteroatoms. The van der Waals surface area contributed by atoms with Gasteiger partial charge in [0.2, 0.25) is 0 Å². The summed E-state index contributed by atoms with van der Waals surface area (Å²) in [6, 6.07) is 8.96. The van der Waals surface area contributed by atoms with Crippen LogP contribution in [-0.4, -0.2) is 41.4 Å². The van der Waals surface area contributed by atoms with Crippen LogP contribution in [0.15, 0.2) is 24.3 Å². The largest absolute Gasteiger partial charge is 0.497 e. The molecule has 142 valence electrons. The number of aryl methyl sites for hydroxylation is 2. The summed E-state index contributed by atoms with van der Waals surface area (Å²) in [5.74, 6) is 0.917. The molecule has 5 nitrogen and oxygen atoms in total. The highest BCUT2D eigenvalue weighted by atomic mass is 16.5. The Morgan fingerprint density at radius 2 is 1.81 bits per heavy atom. The van der Waals surface area contributed by atoms with Gasteiger partial charge < -0.3 is 10.1 Å². The summed E-state index contributed by atoms with van der Waals surface area (Å²) in [5, 5.41) is 8.22. The van der Waals surface area contributed by atoms with Gasteiger partial charge in [-0.2, -0.15) is 5.10 Å². The number of nitrogens with one attached hydrogen (secondary N) is 1. The van der Waals surface area contributed by atoms with Crippen molar-refractivity contribution in [2.24, 2.45) is 7.05 Å². The highest BCUT2D eigenvalue weighted by Crippen LogP contribution is 2.26. The van der Waals surface area contributed by atoms with E-state index in [1.54, 1.807) is 7.11 Å². The standard InChI is InChI=1S/C21H32N4O/c1-16-20(17(2)24(3)23-16)14-22-15-21(25-12-6-5-7-13-25)18-8-10-19(26-4)11-9-18/h8-11,21-22H,5-7,12-15H2,1-4H3. The van der Waals surface area contributed by atoms with E-state index >= 15 is 0 Å². The quantitative estimate of drug-likeness (QED) is 0.826. The fraction of sp³-hybridized carbons (Fsp3) is 0.571. The SMILES string of the molecule is COc1ccc(C(CNCc2c(C)nn(C)c2C)N2CCCCC2)cc1. The Morgan fingerprint density at radius 3 is 2.38 bits per heavy atom. The predicted octanol–water partition coefficient (Wildman–Crippen LogP) is 3.36. The van der Waals surface area contributed by atoms with E-state index in [1.165, 1.54) is 49.2 Å². The van der Waals surface area contributed by atoms with E-state index in [9.17, 15) is 0 Å². The molecule has 0 aliphatic carbocycles. The second-order valence-electron chi connectivity index (χ2n) is 7.29. The van der Waals surface area contributed by atoms with Crippen LogP contribution in [0.3, 0.4) is 0 Å². The molecule has 1 atom stereocenters. The van der Waals surface area contributed by atoms with Gasteiger partial charge in [0, 0.05) is 37.4 Å². The molecule has 1 aromatic carbocycles. The Hall–Kier alpha value is -1.85. The van der Waals surface area contributed by atoms with Gasteiger partial charge in [-0.3, -0.25) is 9.58 Å². The molecule has 26 heavy (non-hydrogen) atoms. The van der Waals surface area contributed by atoms with Gasteiger partial charge >= 0.3 is 0 Å². The highest BCUT2D eigenvalue weighted by molar-refractivity contribution is 5.30. The minimum absolute atomic E-state index is 0.401. The third-order valence-corrected chi connectivity index (χ3v) is 5.63. The van der Waals surface area contributed by atoms with Gasteiger partial charge in [-0.1, -0.05) is 18.6 Å². The second-order valence-corrected chi connectivity index (χ2v) is 7.29. The van der Waals surface area contributed by atoms with Gasteiger partial charge in [-0.25, -0.2) is 0 Å². The molecule has 2 heterocycles. The van der Waals surface area contributed by atoms with E-state index in [2.05, 4.69) is 53.4 Å². The third-order valence-electron chi connectivity index (χ3n) is 5.63. The van der Waals surface area contributed by atoms with Crippen molar-refractivity contribution >= 4 is 0 Å². The van der Waals surface area contributed by atoms with Crippen LogP contribution >= 0.6 is 0 Å². The number of rotatable bonds is 7. The molecule has 1 aliphatic heterocycles. The van der Waals surface area contributed by atoms with Crippen LogP contribution in [0.1, 0.15) is 47.8 Å². The molecule has 1 unspecified atom stereocenters. The Balaban J connectivity index is 1.70. The predicted molar refractivity (Wildman–Crippen MR) is 106 cm³/mol. The average molecular weight is 357 g/mol. The molecule has 1 aliphatic rings. The Morgan fingerprint density at radius 1 is 1.12 bits per heavy atom. The number of aromatic nitrogens is 2. The van der Waals surface area contributed by atoms with E-state index in [-0.39, 0.29) is 0 Å². The summed E-state index contributed by atoms with van der Waals surface area (Å²) in [6.07, 6.45) is 3.95. The lowest BCUT2D eigenvalue weighted by Crippen LogP contribution is -2.39. The lowest BCUT2D eigenvalue weighted by Gasteiger charge is -2.35. The number of nitrogens with zero attached hydrogens (tertiary/aromatic N) is 3. The van der Waals surface area contributed by atoms with Crippen LogP contribution in [0.5, 0.6) is 5.75 Å². The van der Waals surface area contributed by atoms with Crippen LogP contribution in [0.25, 0.3) is 0 Å². The fourth-order valence-corrected chi connectivity index (χ4v) is 3.92. The number of piperidine rings is 1. The van der Waals surface area contributed by atoms with E-state index in [1.807, 2.05) is 11.7 Å². The van der Waals surface area contributed by atoms with Gasteiger partial charge in [0.1, 0.15) is 5.75 Å². The molecule has 1 fully saturated rings. The molecule has 0 saturated carbocycles. The first-order chi connectivity index (χ1) is 12.6. The van der Waals surface area contributed by atoms with Crippen LogP contribution in [0.2, 0.25) is 0 Å². The fourth-order valence-electron chi connectivity index (χ4n) is 3.92. The minimum Gasteiger partial charge on any atom is -0.497 e. The number of benzene rings is 1. The van der Waals surface area contributed by atoms with E-state index in [0.717, 1.165) is 24.5 Å². The zero-order valence-electron chi connectivity index (χ0n) is 16.6. The van der Waals surface area contributed by atoms with Crippen molar-refractivity contribution in [2.75, 3.05) is 26.7 Å². The van der Waals surface area contributed by atoms with Crippen LogP contribution < -0.4 is 10.1 Å². The number of hydrogen-bond acceptors (Lipinski definition) is 4. The molecule has 0 spiro atoms. The summed E-state index contributed by atoms with van der Waals surface area (Å²) < 4.78 is 7.29. The van der Waals surface area contributed by atoms with Crippen LogP contribution in [0, 0.1) is 13.8 Å².